The van der Waals surface area contributed by atoms with Gasteiger partial charge in [-0.2, -0.15) is 0 Å². The molecule has 158 valence electrons. The van der Waals surface area contributed by atoms with E-state index >= 15 is 0 Å². The summed E-state index contributed by atoms with van der Waals surface area (Å²) in [5, 5.41) is 4.24. The zero-order valence-electron chi connectivity index (χ0n) is 18.1. The number of hydrogen-bond donors (Lipinski definition) is 1. The van der Waals surface area contributed by atoms with Crippen molar-refractivity contribution in [3.8, 4) is 5.75 Å². The maximum absolute atomic E-state index is 13.0. The molecule has 0 unspecified atom stereocenters. The Balaban J connectivity index is 1.83. The number of thiazole rings is 1. The largest absolute Gasteiger partial charge is 0.496 e. The lowest BCUT2D eigenvalue weighted by Gasteiger charge is -2.38. The first-order valence-corrected chi connectivity index (χ1v) is 11.1. The molecule has 6 heteroatoms. The van der Waals surface area contributed by atoms with E-state index in [9.17, 15) is 4.79 Å². The van der Waals surface area contributed by atoms with E-state index in [2.05, 4.69) is 43.2 Å². The predicted octanol–water partition coefficient (Wildman–Crippen LogP) is 4.45. The normalized spacial score (nSPS) is 16.1. The molecular formula is C23H32N2O3S. The third-order valence-electron chi connectivity index (χ3n) is 5.59. The van der Waals surface area contributed by atoms with Crippen molar-refractivity contribution in [2.24, 2.45) is 5.92 Å². The van der Waals surface area contributed by atoms with Crippen molar-refractivity contribution in [2.45, 2.75) is 52.4 Å². The highest BCUT2D eigenvalue weighted by Gasteiger charge is 2.37. The topological polar surface area (TPSA) is 60.5 Å². The number of aromatic nitrogens is 1. The number of ether oxygens (including phenoxy) is 2. The van der Waals surface area contributed by atoms with Crippen molar-refractivity contribution in [3.63, 3.8) is 0 Å². The first-order chi connectivity index (χ1) is 13.8. The lowest BCUT2D eigenvalue weighted by Crippen LogP contribution is -2.44. The minimum atomic E-state index is -0.190. The number of nitrogens with zero attached hydrogens (tertiary/aromatic N) is 1. The van der Waals surface area contributed by atoms with Gasteiger partial charge in [-0.25, -0.2) is 4.98 Å². The highest BCUT2D eigenvalue weighted by atomic mass is 32.1. The summed E-state index contributed by atoms with van der Waals surface area (Å²) in [5.74, 6) is 1.36. The number of carbonyl (C=O) groups is 1. The fraction of sp³-hybridized carbons (Fsp3) is 0.565. The Bertz CT molecular complexity index is 854. The number of benzene rings is 1. The number of carbonyl (C=O) groups excluding carboxylic acids is 1. The van der Waals surface area contributed by atoms with E-state index in [4.69, 9.17) is 9.47 Å². The van der Waals surface area contributed by atoms with E-state index in [1.54, 1.807) is 7.11 Å². The molecule has 2 aromatic rings. The summed E-state index contributed by atoms with van der Waals surface area (Å²) < 4.78 is 11.3. The van der Waals surface area contributed by atoms with Crippen LogP contribution in [0.3, 0.4) is 0 Å². The Labute approximate surface area is 177 Å². The third kappa shape index (κ3) is 4.98. The smallest absolute Gasteiger partial charge is 0.263 e. The first kappa shape index (κ1) is 21.8. The van der Waals surface area contributed by atoms with Crippen LogP contribution in [0, 0.1) is 19.8 Å². The molecule has 1 aromatic heterocycles. The van der Waals surface area contributed by atoms with E-state index in [1.807, 2.05) is 13.0 Å². The van der Waals surface area contributed by atoms with Crippen LogP contribution in [-0.4, -0.2) is 37.8 Å². The fourth-order valence-corrected chi connectivity index (χ4v) is 5.16. The molecule has 29 heavy (non-hydrogen) atoms. The summed E-state index contributed by atoms with van der Waals surface area (Å²) in [7, 11) is 1.71. The van der Waals surface area contributed by atoms with Crippen LogP contribution in [0.25, 0.3) is 0 Å². The van der Waals surface area contributed by atoms with Crippen molar-refractivity contribution in [1.29, 1.82) is 0 Å². The van der Waals surface area contributed by atoms with E-state index in [0.717, 1.165) is 46.2 Å². The second-order valence-electron chi connectivity index (χ2n) is 8.40. The van der Waals surface area contributed by atoms with Crippen molar-refractivity contribution >= 4 is 17.2 Å². The van der Waals surface area contributed by atoms with Gasteiger partial charge in [0.2, 0.25) is 0 Å². The Hall–Kier alpha value is -1.92. The van der Waals surface area contributed by atoms with Crippen LogP contribution < -0.4 is 10.1 Å². The SMILES string of the molecule is COc1ccc(C)cc1C1(CNC(=O)c2sc(CC(C)C)nc2C)CCOCC1. The maximum atomic E-state index is 13.0. The van der Waals surface area contributed by atoms with Gasteiger partial charge in [0, 0.05) is 37.2 Å². The van der Waals surface area contributed by atoms with E-state index in [-0.39, 0.29) is 11.3 Å². The quantitative estimate of drug-likeness (QED) is 0.725. The summed E-state index contributed by atoms with van der Waals surface area (Å²) in [6, 6.07) is 6.27. The van der Waals surface area contributed by atoms with Crippen LogP contribution in [0.15, 0.2) is 18.2 Å². The number of rotatable bonds is 7. The van der Waals surface area contributed by atoms with Crippen molar-refractivity contribution in [3.05, 3.63) is 44.9 Å². The van der Waals surface area contributed by atoms with Crippen LogP contribution in [-0.2, 0) is 16.6 Å². The molecule has 2 heterocycles. The zero-order chi connectivity index (χ0) is 21.0. The number of hydrogen-bond acceptors (Lipinski definition) is 5. The number of methoxy groups -OCH3 is 1. The summed E-state index contributed by atoms with van der Waals surface area (Å²) in [4.78, 5) is 18.3. The van der Waals surface area contributed by atoms with Gasteiger partial charge in [0.15, 0.2) is 0 Å². The second kappa shape index (κ2) is 9.26. The van der Waals surface area contributed by atoms with E-state index in [1.165, 1.54) is 16.9 Å². The van der Waals surface area contributed by atoms with Gasteiger partial charge >= 0.3 is 0 Å². The van der Waals surface area contributed by atoms with E-state index < -0.39 is 0 Å². The molecule has 0 saturated carbocycles. The van der Waals surface area contributed by atoms with Gasteiger partial charge in [0.05, 0.1) is 17.8 Å². The predicted molar refractivity (Wildman–Crippen MR) is 117 cm³/mol. The Morgan fingerprint density at radius 3 is 2.69 bits per heavy atom. The highest BCUT2D eigenvalue weighted by molar-refractivity contribution is 7.13. The van der Waals surface area contributed by atoms with Crippen LogP contribution in [0.1, 0.15) is 58.2 Å². The first-order valence-electron chi connectivity index (χ1n) is 10.3. The number of aryl methyl sites for hydroxylation is 2. The van der Waals surface area contributed by atoms with Gasteiger partial charge in [0.1, 0.15) is 10.6 Å². The highest BCUT2D eigenvalue weighted by Crippen LogP contribution is 2.40. The maximum Gasteiger partial charge on any atom is 0.263 e. The van der Waals surface area contributed by atoms with Gasteiger partial charge in [-0.05, 0) is 38.7 Å². The third-order valence-corrected chi connectivity index (χ3v) is 6.77. The molecular weight excluding hydrogens is 384 g/mol. The molecule has 1 aliphatic heterocycles. The monoisotopic (exact) mass is 416 g/mol. The van der Waals surface area contributed by atoms with Gasteiger partial charge in [-0.1, -0.05) is 31.5 Å². The average molecular weight is 417 g/mol. The summed E-state index contributed by atoms with van der Waals surface area (Å²) in [6.07, 6.45) is 2.61. The standard InChI is InChI=1S/C23H32N2O3S/c1-15(2)12-20-25-17(4)21(29-20)22(26)24-14-23(8-10-28-11-9-23)18-13-16(3)6-7-19(18)27-5/h6-7,13,15H,8-12,14H2,1-5H3,(H,24,26). The van der Waals surface area contributed by atoms with Crippen molar-refractivity contribution in [2.75, 3.05) is 26.9 Å². The molecule has 1 amide bonds. The molecule has 1 aliphatic rings. The molecule has 1 aromatic carbocycles. The van der Waals surface area contributed by atoms with Crippen molar-refractivity contribution in [1.82, 2.24) is 10.3 Å². The van der Waals surface area contributed by atoms with Gasteiger partial charge in [-0.3, -0.25) is 4.79 Å². The van der Waals surface area contributed by atoms with E-state index in [0.29, 0.717) is 25.7 Å². The zero-order valence-corrected chi connectivity index (χ0v) is 18.9. The molecule has 0 bridgehead atoms. The lowest BCUT2D eigenvalue weighted by atomic mass is 9.73. The molecule has 1 fully saturated rings. The van der Waals surface area contributed by atoms with Crippen molar-refractivity contribution < 1.29 is 14.3 Å². The average Bonchev–Trinajstić information content (AvgIpc) is 3.06. The molecule has 0 spiro atoms. The summed E-state index contributed by atoms with van der Waals surface area (Å²) >= 11 is 1.51. The molecule has 1 N–H and O–H groups in total. The van der Waals surface area contributed by atoms with Gasteiger partial charge in [0.25, 0.3) is 5.91 Å². The molecule has 0 radical (unpaired) electrons. The molecule has 0 atom stereocenters. The number of amides is 1. The Kier molecular flexibility index (Phi) is 6.96. The summed E-state index contributed by atoms with van der Waals surface area (Å²) in [5.41, 5.74) is 2.97. The molecule has 1 saturated heterocycles. The molecule has 3 rings (SSSR count). The van der Waals surface area contributed by atoms with Crippen LogP contribution in [0.5, 0.6) is 5.75 Å². The Morgan fingerprint density at radius 2 is 2.03 bits per heavy atom. The van der Waals surface area contributed by atoms with Gasteiger partial charge < -0.3 is 14.8 Å². The minimum Gasteiger partial charge on any atom is -0.496 e. The minimum absolute atomic E-state index is 0.0347. The summed E-state index contributed by atoms with van der Waals surface area (Å²) in [6.45, 7) is 10.3. The number of nitrogens with one attached hydrogen (secondary N) is 1. The fourth-order valence-electron chi connectivity index (χ4n) is 3.97. The molecule has 0 aliphatic carbocycles. The second-order valence-corrected chi connectivity index (χ2v) is 9.48. The van der Waals surface area contributed by atoms with Crippen LogP contribution in [0.4, 0.5) is 0 Å². The Morgan fingerprint density at radius 1 is 1.31 bits per heavy atom. The van der Waals surface area contributed by atoms with Crippen LogP contribution >= 0.6 is 11.3 Å². The van der Waals surface area contributed by atoms with Crippen LogP contribution in [0.2, 0.25) is 0 Å². The van der Waals surface area contributed by atoms with Gasteiger partial charge in [-0.15, -0.1) is 11.3 Å². The lowest BCUT2D eigenvalue weighted by molar-refractivity contribution is 0.0479. The molecule has 5 nitrogen and oxygen atoms in total.